The lowest BCUT2D eigenvalue weighted by Crippen LogP contribution is -2.47. The summed E-state index contributed by atoms with van der Waals surface area (Å²) < 4.78 is 61.4. The van der Waals surface area contributed by atoms with Gasteiger partial charge >= 0.3 is 15.5 Å². The number of nitrogens with zero attached hydrogens (tertiary/aromatic N) is 2. The summed E-state index contributed by atoms with van der Waals surface area (Å²) in [4.78, 5) is 4.20. The predicted molar refractivity (Wildman–Crippen MR) is 108 cm³/mol. The first kappa shape index (κ1) is 23.5. The highest BCUT2D eigenvalue weighted by Gasteiger charge is 2.50. The Labute approximate surface area is 170 Å². The van der Waals surface area contributed by atoms with Gasteiger partial charge in [-0.1, -0.05) is 37.3 Å². The maximum absolute atomic E-state index is 12.7. The van der Waals surface area contributed by atoms with Gasteiger partial charge < -0.3 is 10.6 Å². The first-order chi connectivity index (χ1) is 13.7. The minimum Gasteiger partial charge on any atom is -0.356 e. The molecule has 164 valence electrons. The molecule has 0 aliphatic carbocycles. The van der Waals surface area contributed by atoms with E-state index in [0.29, 0.717) is 42.1 Å². The van der Waals surface area contributed by atoms with Crippen LogP contribution in [0.15, 0.2) is 35.3 Å². The van der Waals surface area contributed by atoms with E-state index < -0.39 is 15.5 Å². The fraction of sp³-hybridized carbons (Fsp3) is 0.632. The molecule has 1 aromatic carbocycles. The van der Waals surface area contributed by atoms with Crippen molar-refractivity contribution in [3.05, 3.63) is 35.9 Å². The molecule has 1 aromatic rings. The number of sulfonamides is 1. The van der Waals surface area contributed by atoms with Crippen LogP contribution in [0.1, 0.15) is 37.7 Å². The highest BCUT2D eigenvalue weighted by Crippen LogP contribution is 2.30. The summed E-state index contributed by atoms with van der Waals surface area (Å²) in [6, 6.07) is 10.2. The number of aliphatic imine (C=N–C) groups is 1. The van der Waals surface area contributed by atoms with Crippen LogP contribution < -0.4 is 10.6 Å². The molecular weight excluding hydrogens is 405 g/mol. The van der Waals surface area contributed by atoms with Gasteiger partial charge in [0.1, 0.15) is 0 Å². The zero-order chi connectivity index (χ0) is 21.5. The Morgan fingerprint density at radius 1 is 1.21 bits per heavy atom. The van der Waals surface area contributed by atoms with E-state index in [4.69, 9.17) is 0 Å². The molecule has 2 N–H and O–H groups in total. The van der Waals surface area contributed by atoms with Gasteiger partial charge in [0.2, 0.25) is 0 Å². The molecule has 1 heterocycles. The average Bonchev–Trinajstić information content (AvgIpc) is 2.71. The van der Waals surface area contributed by atoms with E-state index in [0.717, 1.165) is 6.42 Å². The van der Waals surface area contributed by atoms with Crippen molar-refractivity contribution in [3.8, 4) is 0 Å². The van der Waals surface area contributed by atoms with Crippen molar-refractivity contribution in [1.82, 2.24) is 14.9 Å². The number of rotatable bonds is 7. The Morgan fingerprint density at radius 2 is 1.83 bits per heavy atom. The highest BCUT2D eigenvalue weighted by molar-refractivity contribution is 7.90. The average molecular weight is 435 g/mol. The van der Waals surface area contributed by atoms with Crippen LogP contribution in [0.4, 0.5) is 13.2 Å². The summed E-state index contributed by atoms with van der Waals surface area (Å²) in [6.45, 7) is 3.13. The second kappa shape index (κ2) is 10.3. The van der Waals surface area contributed by atoms with Crippen LogP contribution in [0, 0.1) is 5.92 Å². The number of piperidine rings is 1. The highest BCUT2D eigenvalue weighted by atomic mass is 32.2. The number of halogens is 3. The summed E-state index contributed by atoms with van der Waals surface area (Å²) in [5.74, 6) is 1.06. The summed E-state index contributed by atoms with van der Waals surface area (Å²) in [7, 11) is -3.57. The topological polar surface area (TPSA) is 73.8 Å². The third-order valence-electron chi connectivity index (χ3n) is 5.27. The molecule has 2 rings (SSSR count). The van der Waals surface area contributed by atoms with Crippen LogP contribution in [0.3, 0.4) is 0 Å². The van der Waals surface area contributed by atoms with Crippen molar-refractivity contribution in [2.24, 2.45) is 10.9 Å². The van der Waals surface area contributed by atoms with E-state index in [2.05, 4.69) is 34.7 Å². The molecule has 1 fully saturated rings. The number of benzene rings is 1. The number of hydrogen-bond donors (Lipinski definition) is 2. The van der Waals surface area contributed by atoms with Crippen molar-refractivity contribution in [1.29, 1.82) is 0 Å². The van der Waals surface area contributed by atoms with E-state index in [9.17, 15) is 21.6 Å². The summed E-state index contributed by atoms with van der Waals surface area (Å²) in [5, 5.41) is 6.50. The second-order valence-corrected chi connectivity index (χ2v) is 9.07. The molecule has 0 aromatic heterocycles. The summed E-state index contributed by atoms with van der Waals surface area (Å²) in [5.41, 5.74) is -3.99. The van der Waals surface area contributed by atoms with Crippen molar-refractivity contribution in [3.63, 3.8) is 0 Å². The first-order valence-corrected chi connectivity index (χ1v) is 11.2. The fourth-order valence-electron chi connectivity index (χ4n) is 3.40. The van der Waals surface area contributed by atoms with Gasteiger partial charge in [-0.2, -0.15) is 17.5 Å². The van der Waals surface area contributed by atoms with E-state index in [1.54, 1.807) is 7.05 Å². The lowest BCUT2D eigenvalue weighted by Gasteiger charge is -2.31. The van der Waals surface area contributed by atoms with Crippen LogP contribution in [-0.2, 0) is 10.0 Å². The normalized spacial score (nSPS) is 18.4. The Bertz CT molecular complexity index is 761. The van der Waals surface area contributed by atoms with Crippen LogP contribution in [0.2, 0.25) is 0 Å². The monoisotopic (exact) mass is 434 g/mol. The lowest BCUT2D eigenvalue weighted by atomic mass is 9.96. The largest absolute Gasteiger partial charge is 0.511 e. The van der Waals surface area contributed by atoms with Gasteiger partial charge in [0.05, 0.1) is 0 Å². The van der Waals surface area contributed by atoms with Crippen molar-refractivity contribution in [2.45, 2.75) is 37.6 Å². The number of hydrogen-bond acceptors (Lipinski definition) is 3. The molecule has 1 aliphatic heterocycles. The van der Waals surface area contributed by atoms with Gasteiger partial charge in [0.15, 0.2) is 5.96 Å². The molecule has 10 heteroatoms. The SMILES string of the molecule is CCC(CNC(=NC)NCC1CCN(S(=O)(=O)C(F)(F)F)CC1)c1ccccc1. The van der Waals surface area contributed by atoms with Crippen LogP contribution >= 0.6 is 0 Å². The summed E-state index contributed by atoms with van der Waals surface area (Å²) >= 11 is 0. The van der Waals surface area contributed by atoms with E-state index in [1.807, 2.05) is 18.2 Å². The Hall–Kier alpha value is -1.81. The van der Waals surface area contributed by atoms with Gasteiger partial charge in [-0.25, -0.2) is 8.42 Å². The first-order valence-electron chi connectivity index (χ1n) is 9.75. The Kier molecular flexibility index (Phi) is 8.33. The second-order valence-electron chi connectivity index (χ2n) is 7.14. The molecule has 0 bridgehead atoms. The van der Waals surface area contributed by atoms with Gasteiger partial charge in [-0.05, 0) is 30.7 Å². The number of guanidine groups is 1. The smallest absolute Gasteiger partial charge is 0.356 e. The van der Waals surface area contributed by atoms with Crippen molar-refractivity contribution < 1.29 is 21.6 Å². The standard InChI is InChI=1S/C19H29F3N4O2S/c1-3-16(17-7-5-4-6-8-17)14-25-18(23-2)24-13-15-9-11-26(12-10-15)29(27,28)19(20,21)22/h4-8,15-16H,3,9-14H2,1-2H3,(H2,23,24,25). The van der Waals surface area contributed by atoms with Gasteiger partial charge in [0.25, 0.3) is 0 Å². The maximum Gasteiger partial charge on any atom is 0.511 e. The number of nitrogens with one attached hydrogen (secondary N) is 2. The van der Waals surface area contributed by atoms with E-state index in [1.165, 1.54) is 5.56 Å². The third-order valence-corrected chi connectivity index (χ3v) is 6.90. The lowest BCUT2D eigenvalue weighted by molar-refractivity contribution is -0.0496. The van der Waals surface area contributed by atoms with Crippen molar-refractivity contribution in [2.75, 3.05) is 33.2 Å². The summed E-state index contributed by atoms with van der Waals surface area (Å²) in [6.07, 6.45) is 1.72. The van der Waals surface area contributed by atoms with Crippen LogP contribution in [0.25, 0.3) is 0 Å². The molecular formula is C19H29F3N4O2S. The van der Waals surface area contributed by atoms with E-state index >= 15 is 0 Å². The zero-order valence-electron chi connectivity index (χ0n) is 16.7. The number of alkyl halides is 3. The molecule has 29 heavy (non-hydrogen) atoms. The van der Waals surface area contributed by atoms with E-state index in [-0.39, 0.29) is 19.0 Å². The Morgan fingerprint density at radius 3 is 2.34 bits per heavy atom. The molecule has 0 radical (unpaired) electrons. The third kappa shape index (κ3) is 6.33. The molecule has 0 amide bonds. The molecule has 0 saturated carbocycles. The zero-order valence-corrected chi connectivity index (χ0v) is 17.6. The molecule has 6 nitrogen and oxygen atoms in total. The van der Waals surface area contributed by atoms with Crippen LogP contribution in [-0.4, -0.2) is 57.4 Å². The molecule has 1 saturated heterocycles. The van der Waals surface area contributed by atoms with Gasteiger partial charge in [-0.15, -0.1) is 0 Å². The Balaban J connectivity index is 1.79. The molecule has 1 unspecified atom stereocenters. The minimum atomic E-state index is -5.24. The van der Waals surface area contributed by atoms with Crippen LogP contribution in [0.5, 0.6) is 0 Å². The molecule has 1 aliphatic rings. The van der Waals surface area contributed by atoms with Gasteiger partial charge in [-0.3, -0.25) is 4.99 Å². The quantitative estimate of drug-likeness (QED) is 0.511. The predicted octanol–water partition coefficient (Wildman–Crippen LogP) is 2.91. The fourth-order valence-corrected chi connectivity index (χ4v) is 4.39. The molecule has 1 atom stereocenters. The molecule has 0 spiro atoms. The maximum atomic E-state index is 12.7. The minimum absolute atomic E-state index is 0.0873. The van der Waals surface area contributed by atoms with Gasteiger partial charge in [0, 0.05) is 39.1 Å². The van der Waals surface area contributed by atoms with Crippen molar-refractivity contribution >= 4 is 16.0 Å².